The first-order valence-electron chi connectivity index (χ1n) is 6.67. The molecule has 0 bridgehead atoms. The number of hydrogen-bond donors (Lipinski definition) is 2. The average molecular weight is 405 g/mol. The molecule has 2 rings (SSSR count). The van der Waals surface area contributed by atoms with E-state index in [0.29, 0.717) is 16.5 Å². The van der Waals surface area contributed by atoms with Crippen molar-refractivity contribution in [3.05, 3.63) is 47.6 Å². The lowest BCUT2D eigenvalue weighted by Gasteiger charge is -2.07. The highest BCUT2D eigenvalue weighted by Gasteiger charge is 2.11. The van der Waals surface area contributed by atoms with Crippen molar-refractivity contribution in [1.29, 1.82) is 0 Å². The average Bonchev–Trinajstić information content (AvgIpc) is 2.54. The van der Waals surface area contributed by atoms with E-state index in [2.05, 4.69) is 15.6 Å². The molecule has 2 amide bonds. The van der Waals surface area contributed by atoms with E-state index in [4.69, 9.17) is 34.8 Å². The summed E-state index contributed by atoms with van der Waals surface area (Å²) in [4.78, 5) is 27.0. The number of nitrogens with zero attached hydrogens (tertiary/aromatic N) is 1. The fourth-order valence-corrected chi connectivity index (χ4v) is 2.60. The van der Waals surface area contributed by atoms with Crippen molar-refractivity contribution >= 4 is 69.9 Å². The second kappa shape index (κ2) is 9.13. The molecular weight excluding hydrogens is 393 g/mol. The summed E-state index contributed by atoms with van der Waals surface area (Å²) in [5, 5.41) is 5.72. The van der Waals surface area contributed by atoms with E-state index in [1.165, 1.54) is 18.0 Å². The van der Waals surface area contributed by atoms with E-state index in [0.717, 1.165) is 4.90 Å². The van der Waals surface area contributed by atoms with Crippen LogP contribution in [0.1, 0.15) is 0 Å². The van der Waals surface area contributed by atoms with Gasteiger partial charge in [-0.15, -0.1) is 11.8 Å². The van der Waals surface area contributed by atoms with Crippen LogP contribution in [0.3, 0.4) is 0 Å². The molecule has 24 heavy (non-hydrogen) atoms. The van der Waals surface area contributed by atoms with Gasteiger partial charge in [-0.25, -0.2) is 4.98 Å². The molecule has 5 nitrogen and oxygen atoms in total. The smallest absolute Gasteiger partial charge is 0.257 e. The Hall–Kier alpha value is -1.47. The monoisotopic (exact) mass is 403 g/mol. The number of hydrogen-bond acceptors (Lipinski definition) is 4. The van der Waals surface area contributed by atoms with Gasteiger partial charge >= 0.3 is 0 Å². The van der Waals surface area contributed by atoms with Crippen molar-refractivity contribution < 1.29 is 9.59 Å². The highest BCUT2D eigenvalue weighted by Crippen LogP contribution is 2.21. The maximum absolute atomic E-state index is 11.9. The van der Waals surface area contributed by atoms with Crippen molar-refractivity contribution in [3.63, 3.8) is 0 Å². The fourth-order valence-electron chi connectivity index (χ4n) is 1.63. The van der Waals surface area contributed by atoms with Crippen LogP contribution in [-0.4, -0.2) is 27.4 Å². The normalized spacial score (nSPS) is 10.5. The molecule has 0 aliphatic heterocycles. The molecule has 1 aromatic carbocycles. The Labute approximate surface area is 158 Å². The third-order valence-corrected chi connectivity index (χ3v) is 4.32. The number of pyridine rings is 1. The van der Waals surface area contributed by atoms with Gasteiger partial charge in [-0.1, -0.05) is 34.8 Å². The summed E-state index contributed by atoms with van der Waals surface area (Å²) in [6.07, 6.45) is 1.52. The van der Waals surface area contributed by atoms with Crippen molar-refractivity contribution in [2.24, 2.45) is 0 Å². The molecule has 0 spiro atoms. The summed E-state index contributed by atoms with van der Waals surface area (Å²) in [7, 11) is 0. The van der Waals surface area contributed by atoms with Crippen LogP contribution in [0.2, 0.25) is 5.02 Å². The minimum Gasteiger partial charge on any atom is -0.324 e. The van der Waals surface area contributed by atoms with Gasteiger partial charge in [0.05, 0.1) is 5.75 Å². The zero-order chi connectivity index (χ0) is 17.5. The molecule has 126 valence electrons. The van der Waals surface area contributed by atoms with Gasteiger partial charge in [0.15, 0.2) is 4.84 Å². The molecular formula is C15H12Cl3N3O2S. The molecule has 0 radical (unpaired) electrons. The lowest BCUT2D eigenvalue weighted by atomic mass is 10.3. The number of halogens is 3. The van der Waals surface area contributed by atoms with E-state index in [1.807, 2.05) is 0 Å². The number of aromatic nitrogens is 1. The van der Waals surface area contributed by atoms with Crippen LogP contribution in [0.15, 0.2) is 47.5 Å². The zero-order valence-corrected chi connectivity index (χ0v) is 15.2. The molecule has 0 unspecified atom stereocenters. The van der Waals surface area contributed by atoms with Gasteiger partial charge in [0.25, 0.3) is 5.91 Å². The third-order valence-electron chi connectivity index (χ3n) is 2.68. The maximum atomic E-state index is 11.9. The van der Waals surface area contributed by atoms with Gasteiger partial charge in [-0.05, 0) is 36.4 Å². The van der Waals surface area contributed by atoms with E-state index < -0.39 is 10.7 Å². The fraction of sp³-hybridized carbons (Fsp3) is 0.133. The summed E-state index contributed by atoms with van der Waals surface area (Å²) in [6.45, 7) is 0. The lowest BCUT2D eigenvalue weighted by molar-refractivity contribution is -0.115. The lowest BCUT2D eigenvalue weighted by Crippen LogP contribution is -2.18. The molecule has 2 aromatic rings. The van der Waals surface area contributed by atoms with Gasteiger partial charge < -0.3 is 10.6 Å². The number of thioether (sulfide) groups is 1. The van der Waals surface area contributed by atoms with Crippen molar-refractivity contribution in [3.8, 4) is 0 Å². The van der Waals surface area contributed by atoms with Gasteiger partial charge in [0.2, 0.25) is 5.91 Å². The number of amides is 2. The summed E-state index contributed by atoms with van der Waals surface area (Å²) >= 11 is 18.1. The van der Waals surface area contributed by atoms with Gasteiger partial charge in [-0.2, -0.15) is 0 Å². The van der Waals surface area contributed by atoms with Crippen LogP contribution in [0.5, 0.6) is 0 Å². The maximum Gasteiger partial charge on any atom is 0.257 e. The second-order valence-electron chi connectivity index (χ2n) is 4.51. The standard InChI is InChI=1S/C15H12Cl3N3O2S/c16-9-5-6-19-12(7-9)21-13(22)8-24-11-3-1-10(2-4-11)20-15(23)14(17)18/h1-7,14H,8H2,(H,20,23)(H,19,21,22). The van der Waals surface area contributed by atoms with Crippen LogP contribution < -0.4 is 10.6 Å². The molecule has 0 aliphatic rings. The second-order valence-corrected chi connectivity index (χ2v) is 7.09. The number of rotatable bonds is 6. The summed E-state index contributed by atoms with van der Waals surface area (Å²) < 4.78 is 0. The van der Waals surface area contributed by atoms with Crippen molar-refractivity contribution in [1.82, 2.24) is 4.98 Å². The predicted molar refractivity (Wildman–Crippen MR) is 99.2 cm³/mol. The van der Waals surface area contributed by atoms with Gasteiger partial charge in [-0.3, -0.25) is 9.59 Å². The third kappa shape index (κ3) is 6.20. The van der Waals surface area contributed by atoms with Crippen LogP contribution in [0.25, 0.3) is 0 Å². The van der Waals surface area contributed by atoms with Crippen molar-refractivity contribution in [2.45, 2.75) is 9.73 Å². The van der Waals surface area contributed by atoms with E-state index >= 15 is 0 Å². The molecule has 9 heteroatoms. The molecule has 0 saturated carbocycles. The summed E-state index contributed by atoms with van der Waals surface area (Å²) in [5.41, 5.74) is 0.572. The number of carbonyl (C=O) groups is 2. The number of carbonyl (C=O) groups excluding carboxylic acids is 2. The minimum atomic E-state index is -1.12. The van der Waals surface area contributed by atoms with Crippen molar-refractivity contribution in [2.75, 3.05) is 16.4 Å². The number of alkyl halides is 2. The van der Waals surface area contributed by atoms with E-state index in [9.17, 15) is 9.59 Å². The predicted octanol–water partition coefficient (Wildman–Crippen LogP) is 4.21. The largest absolute Gasteiger partial charge is 0.324 e. The highest BCUT2D eigenvalue weighted by atomic mass is 35.5. The molecule has 2 N–H and O–H groups in total. The number of nitrogens with one attached hydrogen (secondary N) is 2. The first-order valence-corrected chi connectivity index (χ1v) is 8.91. The molecule has 0 atom stereocenters. The summed E-state index contributed by atoms with van der Waals surface area (Å²) in [6, 6.07) is 10.2. The SMILES string of the molecule is O=C(CSc1ccc(NC(=O)C(Cl)Cl)cc1)Nc1cc(Cl)ccn1. The zero-order valence-electron chi connectivity index (χ0n) is 12.1. The Morgan fingerprint density at radius 1 is 1.12 bits per heavy atom. The Balaban J connectivity index is 1.83. The molecule has 0 saturated heterocycles. The minimum absolute atomic E-state index is 0.195. The Kier molecular flexibility index (Phi) is 7.17. The highest BCUT2D eigenvalue weighted by molar-refractivity contribution is 8.00. The molecule has 0 aliphatic carbocycles. The van der Waals surface area contributed by atoms with Crippen LogP contribution >= 0.6 is 46.6 Å². The van der Waals surface area contributed by atoms with Crippen LogP contribution in [0.4, 0.5) is 11.5 Å². The quantitative estimate of drug-likeness (QED) is 0.559. The number of anilines is 2. The first kappa shape index (κ1) is 18.9. The first-order chi connectivity index (χ1) is 11.4. The molecule has 1 heterocycles. The summed E-state index contributed by atoms with van der Waals surface area (Å²) in [5.74, 6) is -0.0695. The Morgan fingerprint density at radius 2 is 1.83 bits per heavy atom. The topological polar surface area (TPSA) is 71.1 Å². The van der Waals surface area contributed by atoms with Gasteiger partial charge in [0, 0.05) is 21.8 Å². The Bertz CT molecular complexity index is 726. The van der Waals surface area contributed by atoms with E-state index in [1.54, 1.807) is 36.4 Å². The van der Waals surface area contributed by atoms with Crippen LogP contribution in [0, 0.1) is 0 Å². The van der Waals surface area contributed by atoms with E-state index in [-0.39, 0.29) is 11.7 Å². The molecule has 1 aromatic heterocycles. The van der Waals surface area contributed by atoms with Crippen LogP contribution in [-0.2, 0) is 9.59 Å². The van der Waals surface area contributed by atoms with Gasteiger partial charge in [0.1, 0.15) is 5.82 Å². The Morgan fingerprint density at radius 3 is 2.46 bits per heavy atom. The number of benzene rings is 1. The molecule has 0 fully saturated rings.